The molecule has 0 fully saturated rings. The first kappa shape index (κ1) is 10.2. The van der Waals surface area contributed by atoms with Crippen molar-refractivity contribution in [2.45, 2.75) is 6.92 Å². The van der Waals surface area contributed by atoms with E-state index < -0.39 is 0 Å². The Labute approximate surface area is 72.9 Å². The zero-order chi connectivity index (χ0) is 8.53. The van der Waals surface area contributed by atoms with Crippen molar-refractivity contribution in [2.75, 3.05) is 13.2 Å². The number of hydrogen-bond donors (Lipinski definition) is 1. The molecule has 0 rings (SSSR count). The standard InChI is InChI=1S/C8H13NOS/c1-3-5-8(11)9-6-7-10-4-2/h3-5H,2,6-7H2,1H3,(H,9,11)/b5-3+. The lowest BCUT2D eigenvalue weighted by molar-refractivity contribution is 0.256. The Bertz CT molecular complexity index is 154. The SMILES string of the molecule is C=COCCNC(=S)/C=C/C. The Balaban J connectivity index is 3.24. The average Bonchev–Trinajstić information content (AvgIpc) is 1.99. The van der Waals surface area contributed by atoms with E-state index in [-0.39, 0.29) is 0 Å². The molecule has 1 N–H and O–H groups in total. The number of hydrogen-bond acceptors (Lipinski definition) is 2. The first-order valence-electron chi connectivity index (χ1n) is 3.44. The lowest BCUT2D eigenvalue weighted by Crippen LogP contribution is -2.23. The molecular weight excluding hydrogens is 158 g/mol. The van der Waals surface area contributed by atoms with Gasteiger partial charge in [0, 0.05) is 6.54 Å². The van der Waals surface area contributed by atoms with Crippen LogP contribution in [0.25, 0.3) is 0 Å². The van der Waals surface area contributed by atoms with Crippen LogP contribution >= 0.6 is 12.2 Å². The summed E-state index contributed by atoms with van der Waals surface area (Å²) in [5.74, 6) is 0. The molecule has 0 bridgehead atoms. The molecule has 11 heavy (non-hydrogen) atoms. The molecular formula is C8H13NOS. The van der Waals surface area contributed by atoms with Gasteiger partial charge in [0.1, 0.15) is 6.61 Å². The molecule has 0 heterocycles. The van der Waals surface area contributed by atoms with E-state index in [0.717, 1.165) is 11.5 Å². The minimum Gasteiger partial charge on any atom is -0.500 e. The third-order valence-corrected chi connectivity index (χ3v) is 1.24. The van der Waals surface area contributed by atoms with Gasteiger partial charge >= 0.3 is 0 Å². The van der Waals surface area contributed by atoms with Crippen molar-refractivity contribution in [3.05, 3.63) is 25.0 Å². The molecule has 0 amide bonds. The summed E-state index contributed by atoms with van der Waals surface area (Å²) in [5, 5.41) is 2.99. The van der Waals surface area contributed by atoms with Crippen LogP contribution in [-0.4, -0.2) is 18.1 Å². The highest BCUT2D eigenvalue weighted by Crippen LogP contribution is 1.77. The van der Waals surface area contributed by atoms with E-state index in [1.165, 1.54) is 6.26 Å². The van der Waals surface area contributed by atoms with Crippen molar-refractivity contribution < 1.29 is 4.74 Å². The van der Waals surface area contributed by atoms with Crippen molar-refractivity contribution in [3.8, 4) is 0 Å². The molecule has 0 unspecified atom stereocenters. The molecule has 3 heteroatoms. The van der Waals surface area contributed by atoms with Gasteiger partial charge in [-0.2, -0.15) is 0 Å². The van der Waals surface area contributed by atoms with Crippen molar-refractivity contribution in [2.24, 2.45) is 0 Å². The third kappa shape index (κ3) is 7.06. The van der Waals surface area contributed by atoms with Crippen molar-refractivity contribution in [3.63, 3.8) is 0 Å². The maximum absolute atomic E-state index is 4.92. The van der Waals surface area contributed by atoms with Crippen LogP contribution in [-0.2, 0) is 4.74 Å². The van der Waals surface area contributed by atoms with Gasteiger partial charge in [-0.25, -0.2) is 0 Å². The van der Waals surface area contributed by atoms with Crippen molar-refractivity contribution in [1.82, 2.24) is 5.32 Å². The summed E-state index contributed by atoms with van der Waals surface area (Å²) in [6.45, 7) is 6.66. The van der Waals surface area contributed by atoms with Gasteiger partial charge in [-0.15, -0.1) is 0 Å². The Morgan fingerprint density at radius 2 is 2.45 bits per heavy atom. The number of rotatable bonds is 5. The van der Waals surface area contributed by atoms with Gasteiger partial charge in [0.25, 0.3) is 0 Å². The van der Waals surface area contributed by atoms with Crippen LogP contribution in [0.3, 0.4) is 0 Å². The van der Waals surface area contributed by atoms with Gasteiger partial charge in [-0.05, 0) is 13.0 Å². The van der Waals surface area contributed by atoms with Crippen LogP contribution in [0.1, 0.15) is 6.92 Å². The van der Waals surface area contributed by atoms with E-state index in [0.29, 0.717) is 6.61 Å². The molecule has 0 atom stereocenters. The second kappa shape index (κ2) is 7.28. The summed E-state index contributed by atoms with van der Waals surface area (Å²) in [7, 11) is 0. The largest absolute Gasteiger partial charge is 0.500 e. The fourth-order valence-corrected chi connectivity index (χ4v) is 0.765. The van der Waals surface area contributed by atoms with E-state index in [1.54, 1.807) is 0 Å². The molecule has 0 aromatic rings. The molecule has 62 valence electrons. The summed E-state index contributed by atoms with van der Waals surface area (Å²) < 4.78 is 4.88. The van der Waals surface area contributed by atoms with E-state index >= 15 is 0 Å². The predicted octanol–water partition coefficient (Wildman–Crippen LogP) is 1.64. The van der Waals surface area contributed by atoms with E-state index in [4.69, 9.17) is 17.0 Å². The van der Waals surface area contributed by atoms with Crippen LogP contribution in [0.4, 0.5) is 0 Å². The van der Waals surface area contributed by atoms with Gasteiger partial charge in [-0.3, -0.25) is 0 Å². The van der Waals surface area contributed by atoms with Crippen molar-refractivity contribution in [1.29, 1.82) is 0 Å². The third-order valence-electron chi connectivity index (χ3n) is 0.955. The molecule has 0 aromatic heterocycles. The zero-order valence-electron chi connectivity index (χ0n) is 6.67. The average molecular weight is 171 g/mol. The van der Waals surface area contributed by atoms with Crippen LogP contribution in [0.2, 0.25) is 0 Å². The molecule has 0 saturated carbocycles. The highest BCUT2D eigenvalue weighted by atomic mass is 32.1. The Hall–Kier alpha value is -0.830. The Morgan fingerprint density at radius 3 is 3.00 bits per heavy atom. The number of thiocarbonyl (C=S) groups is 1. The summed E-state index contributed by atoms with van der Waals surface area (Å²) >= 11 is 4.92. The van der Waals surface area contributed by atoms with Gasteiger partial charge in [0.15, 0.2) is 0 Å². The highest BCUT2D eigenvalue weighted by molar-refractivity contribution is 7.80. The Kier molecular flexibility index (Phi) is 6.73. The van der Waals surface area contributed by atoms with Gasteiger partial charge in [-0.1, -0.05) is 24.9 Å². The van der Waals surface area contributed by atoms with Gasteiger partial charge in [0.2, 0.25) is 0 Å². The monoisotopic (exact) mass is 171 g/mol. The maximum Gasteiger partial charge on any atom is 0.105 e. The second-order valence-electron chi connectivity index (χ2n) is 1.83. The Morgan fingerprint density at radius 1 is 1.73 bits per heavy atom. The summed E-state index contributed by atoms with van der Waals surface area (Å²) in [6, 6.07) is 0. The first-order chi connectivity index (χ1) is 5.31. The predicted molar refractivity (Wildman–Crippen MR) is 51.6 cm³/mol. The molecule has 0 aromatic carbocycles. The minimum absolute atomic E-state index is 0.598. The second-order valence-corrected chi connectivity index (χ2v) is 2.27. The lowest BCUT2D eigenvalue weighted by atomic mass is 10.5. The number of nitrogens with one attached hydrogen (secondary N) is 1. The molecule has 0 aliphatic rings. The molecule has 2 nitrogen and oxygen atoms in total. The molecule has 0 aliphatic carbocycles. The smallest absolute Gasteiger partial charge is 0.105 e. The quantitative estimate of drug-likeness (QED) is 0.294. The van der Waals surface area contributed by atoms with Crippen LogP contribution in [0.5, 0.6) is 0 Å². The van der Waals surface area contributed by atoms with Crippen LogP contribution < -0.4 is 5.32 Å². The topological polar surface area (TPSA) is 21.3 Å². The van der Waals surface area contributed by atoms with Crippen LogP contribution in [0, 0.1) is 0 Å². The van der Waals surface area contributed by atoms with Crippen molar-refractivity contribution >= 4 is 17.2 Å². The minimum atomic E-state index is 0.598. The first-order valence-corrected chi connectivity index (χ1v) is 3.85. The van der Waals surface area contributed by atoms with Crippen LogP contribution in [0.15, 0.2) is 25.0 Å². The summed E-state index contributed by atoms with van der Waals surface area (Å²) in [6.07, 6.45) is 5.15. The van der Waals surface area contributed by atoms with Gasteiger partial charge in [0.05, 0.1) is 11.3 Å². The fraction of sp³-hybridized carbons (Fsp3) is 0.375. The highest BCUT2D eigenvalue weighted by Gasteiger charge is 1.86. The van der Waals surface area contributed by atoms with E-state index in [2.05, 4.69) is 11.9 Å². The molecule has 0 aliphatic heterocycles. The van der Waals surface area contributed by atoms with Gasteiger partial charge < -0.3 is 10.1 Å². The maximum atomic E-state index is 4.92. The molecule has 0 spiro atoms. The summed E-state index contributed by atoms with van der Waals surface area (Å²) in [4.78, 5) is 0.736. The molecule has 0 saturated heterocycles. The normalized spacial score (nSPS) is 9.55. The lowest BCUT2D eigenvalue weighted by Gasteiger charge is -2.02. The fourth-order valence-electron chi connectivity index (χ4n) is 0.527. The van der Waals surface area contributed by atoms with E-state index in [1.807, 2.05) is 19.1 Å². The number of allylic oxidation sites excluding steroid dienone is 1. The number of ether oxygens (including phenoxy) is 1. The zero-order valence-corrected chi connectivity index (χ0v) is 7.49. The van der Waals surface area contributed by atoms with E-state index in [9.17, 15) is 0 Å². The summed E-state index contributed by atoms with van der Waals surface area (Å²) in [5.41, 5.74) is 0. The molecule has 0 radical (unpaired) electrons.